The van der Waals surface area contributed by atoms with E-state index < -0.39 is 23.1 Å². The van der Waals surface area contributed by atoms with E-state index in [9.17, 15) is 19.8 Å². The maximum Gasteiger partial charge on any atom is 0.232 e. The van der Waals surface area contributed by atoms with Gasteiger partial charge < -0.3 is 31.6 Å². The first kappa shape index (κ1) is 23.3. The second kappa shape index (κ2) is 8.64. The Labute approximate surface area is 207 Å². The lowest BCUT2D eigenvalue weighted by Crippen LogP contribution is -2.23. The van der Waals surface area contributed by atoms with Gasteiger partial charge in [0.15, 0.2) is 11.5 Å². The van der Waals surface area contributed by atoms with Crippen LogP contribution in [0.4, 0.5) is 11.4 Å². The van der Waals surface area contributed by atoms with E-state index in [-0.39, 0.29) is 11.1 Å². The Bertz CT molecular complexity index is 1510. The number of aliphatic hydroxyl groups excluding tert-OH is 2. The van der Waals surface area contributed by atoms with Crippen molar-refractivity contribution < 1.29 is 19.8 Å². The van der Waals surface area contributed by atoms with Gasteiger partial charge in [0.05, 0.1) is 11.1 Å². The topological polar surface area (TPSA) is 158 Å². The molecule has 1 aliphatic rings. The van der Waals surface area contributed by atoms with E-state index in [0.29, 0.717) is 57.5 Å². The summed E-state index contributed by atoms with van der Waals surface area (Å²) in [4.78, 5) is 33.9. The second-order valence-corrected chi connectivity index (χ2v) is 9.17. The molecule has 0 saturated heterocycles. The highest BCUT2D eigenvalue weighted by Crippen LogP contribution is 2.42. The van der Waals surface area contributed by atoms with Crippen LogP contribution in [0.2, 0.25) is 0 Å². The summed E-state index contributed by atoms with van der Waals surface area (Å²) in [6, 6.07) is 10.4. The van der Waals surface area contributed by atoms with Gasteiger partial charge in [-0.15, -0.1) is 0 Å². The normalized spacial score (nSPS) is 14.6. The predicted octanol–water partition coefficient (Wildman–Crippen LogP) is 5.11. The number of allylic oxidation sites excluding steroid dienone is 2. The lowest BCUT2D eigenvalue weighted by molar-refractivity contribution is -0.116. The molecule has 0 unspecified atom stereocenters. The molecule has 8 heteroatoms. The molecule has 0 radical (unpaired) electrons. The summed E-state index contributed by atoms with van der Waals surface area (Å²) < 4.78 is 0. The molecule has 0 fully saturated rings. The molecule has 0 atom stereocenters. The fraction of sp³-hybridized carbons (Fsp3) is 0.214. The van der Waals surface area contributed by atoms with Crippen LogP contribution in [0.25, 0.3) is 33.0 Å². The zero-order valence-electron chi connectivity index (χ0n) is 20.2. The third-order valence-electron chi connectivity index (χ3n) is 6.66. The summed E-state index contributed by atoms with van der Waals surface area (Å²) in [6.45, 7) is 3.97. The zero-order chi connectivity index (χ0) is 25.7. The third kappa shape index (κ3) is 3.45. The van der Waals surface area contributed by atoms with Crippen molar-refractivity contribution in [2.45, 2.75) is 39.5 Å². The molecular formula is C28H28N4O4. The fourth-order valence-corrected chi connectivity index (χ4v) is 5.12. The molecule has 0 saturated carbocycles. The molecule has 36 heavy (non-hydrogen) atoms. The van der Waals surface area contributed by atoms with Gasteiger partial charge >= 0.3 is 0 Å². The van der Waals surface area contributed by atoms with Crippen LogP contribution in [-0.4, -0.2) is 31.7 Å². The standard InChI is InChI=1S/C28H28N4O4/c1-3-5-19-21(15-11-13(29)7-9-17(15)31-19)23-25(33)27(35)24(28(36)26(23)34)22-16-12-14(30)8-10-18(16)32-20(22)6-4-2/h7-12,31-33,36H,3-6,29-30H2,1-2H3. The van der Waals surface area contributed by atoms with Crippen LogP contribution in [-0.2, 0) is 22.4 Å². The van der Waals surface area contributed by atoms with E-state index in [0.717, 1.165) is 23.9 Å². The Hall–Kier alpha value is -4.46. The van der Waals surface area contributed by atoms with Gasteiger partial charge in [0.1, 0.15) is 0 Å². The Morgan fingerprint density at radius 3 is 1.44 bits per heavy atom. The van der Waals surface area contributed by atoms with Gasteiger partial charge in [-0.05, 0) is 49.2 Å². The highest BCUT2D eigenvalue weighted by Gasteiger charge is 2.39. The number of fused-ring (bicyclic) bond motifs is 2. The van der Waals surface area contributed by atoms with Crippen LogP contribution in [0.5, 0.6) is 0 Å². The van der Waals surface area contributed by atoms with Crippen molar-refractivity contribution in [3.63, 3.8) is 0 Å². The van der Waals surface area contributed by atoms with E-state index in [4.69, 9.17) is 11.5 Å². The molecule has 4 aromatic rings. The summed E-state index contributed by atoms with van der Waals surface area (Å²) in [5.41, 5.74) is 16.1. The molecular weight excluding hydrogens is 456 g/mol. The molecule has 1 aliphatic carbocycles. The fourth-order valence-electron chi connectivity index (χ4n) is 5.12. The van der Waals surface area contributed by atoms with E-state index in [1.807, 2.05) is 13.8 Å². The van der Waals surface area contributed by atoms with Crippen LogP contribution >= 0.6 is 0 Å². The summed E-state index contributed by atoms with van der Waals surface area (Å²) in [6.07, 6.45) is 2.66. The highest BCUT2D eigenvalue weighted by atomic mass is 16.3. The first-order chi connectivity index (χ1) is 17.3. The molecule has 8 nitrogen and oxygen atoms in total. The lowest BCUT2D eigenvalue weighted by Gasteiger charge is -2.19. The van der Waals surface area contributed by atoms with E-state index in [1.54, 1.807) is 36.4 Å². The lowest BCUT2D eigenvalue weighted by atomic mass is 9.83. The van der Waals surface area contributed by atoms with Crippen molar-refractivity contribution in [2.24, 2.45) is 0 Å². The monoisotopic (exact) mass is 484 g/mol. The van der Waals surface area contributed by atoms with Crippen molar-refractivity contribution in [3.05, 3.63) is 70.4 Å². The number of carbonyl (C=O) groups excluding carboxylic acids is 2. The van der Waals surface area contributed by atoms with Crippen molar-refractivity contribution in [3.8, 4) is 0 Å². The minimum absolute atomic E-state index is 0.224. The summed E-state index contributed by atoms with van der Waals surface area (Å²) in [7, 11) is 0. The Kier molecular flexibility index (Phi) is 5.59. The number of ketones is 2. The van der Waals surface area contributed by atoms with Crippen molar-refractivity contribution in [1.82, 2.24) is 9.97 Å². The van der Waals surface area contributed by atoms with Crippen molar-refractivity contribution in [1.29, 1.82) is 0 Å². The average molecular weight is 485 g/mol. The highest BCUT2D eigenvalue weighted by molar-refractivity contribution is 6.48. The molecule has 0 spiro atoms. The predicted molar refractivity (Wildman–Crippen MR) is 143 cm³/mol. The molecule has 8 N–H and O–H groups in total. The van der Waals surface area contributed by atoms with Crippen LogP contribution in [0.3, 0.4) is 0 Å². The molecule has 2 heterocycles. The first-order valence-corrected chi connectivity index (χ1v) is 12.0. The SMILES string of the molecule is CCCc1[nH]c2ccc(N)cc2c1C1=C(O)C(=O)C(c2c(CCC)[nH]c3ccc(N)cc23)=C(O)C1=O. The van der Waals surface area contributed by atoms with Gasteiger partial charge in [-0.3, -0.25) is 9.59 Å². The van der Waals surface area contributed by atoms with E-state index >= 15 is 0 Å². The molecule has 0 amide bonds. The number of Topliss-reactive ketones (excluding diaryl/α,β-unsaturated/α-hetero) is 2. The summed E-state index contributed by atoms with van der Waals surface area (Å²) >= 11 is 0. The number of hydrogen-bond donors (Lipinski definition) is 6. The van der Waals surface area contributed by atoms with Crippen LogP contribution in [0, 0.1) is 0 Å². The summed E-state index contributed by atoms with van der Waals surface area (Å²) in [5, 5.41) is 23.6. The number of nitrogens with two attached hydrogens (primary N) is 2. The maximum atomic E-state index is 13.7. The largest absolute Gasteiger partial charge is 0.504 e. The van der Waals surface area contributed by atoms with Crippen LogP contribution < -0.4 is 11.5 Å². The molecule has 0 bridgehead atoms. The number of rotatable bonds is 6. The molecule has 2 aromatic carbocycles. The number of benzene rings is 2. The Morgan fingerprint density at radius 1 is 0.694 bits per heavy atom. The minimum atomic E-state index is -0.816. The number of nitrogens with one attached hydrogen (secondary N) is 2. The minimum Gasteiger partial charge on any atom is -0.504 e. The molecule has 0 aliphatic heterocycles. The number of carbonyl (C=O) groups is 2. The Balaban J connectivity index is 1.76. The number of aromatic amines is 2. The van der Waals surface area contributed by atoms with Gasteiger partial charge in [0, 0.05) is 55.7 Å². The zero-order valence-corrected chi connectivity index (χ0v) is 20.2. The van der Waals surface area contributed by atoms with Gasteiger partial charge in [-0.25, -0.2) is 0 Å². The third-order valence-corrected chi connectivity index (χ3v) is 6.66. The number of hydrogen-bond acceptors (Lipinski definition) is 6. The number of aromatic nitrogens is 2. The summed E-state index contributed by atoms with van der Waals surface area (Å²) in [5.74, 6) is -3.03. The van der Waals surface area contributed by atoms with Crippen LogP contribution in [0.15, 0.2) is 47.9 Å². The van der Waals surface area contributed by atoms with Gasteiger partial charge in [-0.1, -0.05) is 26.7 Å². The molecule has 5 rings (SSSR count). The van der Waals surface area contributed by atoms with Gasteiger partial charge in [0.2, 0.25) is 11.6 Å². The molecule has 2 aromatic heterocycles. The first-order valence-electron chi connectivity index (χ1n) is 12.0. The van der Waals surface area contributed by atoms with Crippen LogP contribution in [0.1, 0.15) is 49.2 Å². The van der Waals surface area contributed by atoms with E-state index in [1.165, 1.54) is 0 Å². The number of nitrogen functional groups attached to an aromatic ring is 2. The van der Waals surface area contributed by atoms with Gasteiger partial charge in [0.25, 0.3) is 0 Å². The average Bonchev–Trinajstić information content (AvgIpc) is 3.36. The molecule has 184 valence electrons. The number of anilines is 2. The smallest absolute Gasteiger partial charge is 0.232 e. The van der Waals surface area contributed by atoms with E-state index in [2.05, 4.69) is 9.97 Å². The van der Waals surface area contributed by atoms with Crippen molar-refractivity contribution in [2.75, 3.05) is 11.5 Å². The quantitative estimate of drug-likeness (QED) is 0.165. The second-order valence-electron chi connectivity index (χ2n) is 9.17. The number of H-pyrrole nitrogens is 2. The number of aliphatic hydroxyl groups is 2. The van der Waals surface area contributed by atoms with Crippen molar-refractivity contribution >= 4 is 55.9 Å². The van der Waals surface area contributed by atoms with Gasteiger partial charge in [-0.2, -0.15) is 0 Å². The number of aryl methyl sites for hydroxylation is 2. The maximum absolute atomic E-state index is 13.7. The Morgan fingerprint density at radius 2 is 1.08 bits per heavy atom.